The highest BCUT2D eigenvalue weighted by molar-refractivity contribution is 7.88. The molecule has 1 N–H and O–H groups in total. The fourth-order valence-corrected chi connectivity index (χ4v) is 4.81. The lowest BCUT2D eigenvalue weighted by molar-refractivity contribution is -0.145. The van der Waals surface area contributed by atoms with Gasteiger partial charge in [-0.25, -0.2) is 8.42 Å². The van der Waals surface area contributed by atoms with E-state index in [2.05, 4.69) is 12.2 Å². The lowest BCUT2D eigenvalue weighted by Gasteiger charge is -2.36. The number of rotatable bonds is 6. The van der Waals surface area contributed by atoms with E-state index in [9.17, 15) is 18.0 Å². The third-order valence-electron chi connectivity index (χ3n) is 5.23. The Morgan fingerprint density at radius 3 is 2.64 bits per heavy atom. The van der Waals surface area contributed by atoms with Gasteiger partial charge in [-0.05, 0) is 24.7 Å². The van der Waals surface area contributed by atoms with Crippen molar-refractivity contribution < 1.29 is 27.9 Å². The number of sulfonamides is 1. The molecule has 4 atom stereocenters. The molecular formula is C16H24N2O6S. The highest BCUT2D eigenvalue weighted by atomic mass is 32.2. The summed E-state index contributed by atoms with van der Waals surface area (Å²) < 4.78 is 30.0. The lowest BCUT2D eigenvalue weighted by atomic mass is 9.92. The summed E-state index contributed by atoms with van der Waals surface area (Å²) in [5.41, 5.74) is 0. The van der Waals surface area contributed by atoms with E-state index in [0.717, 1.165) is 23.4 Å². The molecule has 2 fully saturated rings. The molecule has 0 radical (unpaired) electrons. The van der Waals surface area contributed by atoms with Gasteiger partial charge >= 0.3 is 5.97 Å². The summed E-state index contributed by atoms with van der Waals surface area (Å²) in [6.45, 7) is 0.444. The van der Waals surface area contributed by atoms with E-state index in [0.29, 0.717) is 31.5 Å². The molecule has 3 rings (SSSR count). The fourth-order valence-electron chi connectivity index (χ4n) is 4.02. The minimum absolute atomic E-state index is 0.0128. The number of morpholine rings is 1. The van der Waals surface area contributed by atoms with E-state index in [1.807, 2.05) is 0 Å². The minimum Gasteiger partial charge on any atom is -0.480 e. The Labute approximate surface area is 147 Å². The molecule has 9 heteroatoms. The van der Waals surface area contributed by atoms with E-state index in [4.69, 9.17) is 9.84 Å². The molecule has 4 unspecified atom stereocenters. The first kappa shape index (κ1) is 18.3. The van der Waals surface area contributed by atoms with Gasteiger partial charge in [0.15, 0.2) is 0 Å². The van der Waals surface area contributed by atoms with E-state index in [1.54, 1.807) is 4.90 Å². The van der Waals surface area contributed by atoms with Gasteiger partial charge in [-0.3, -0.25) is 9.59 Å². The summed E-state index contributed by atoms with van der Waals surface area (Å²) >= 11 is 0. The Bertz CT molecular complexity index is 676. The number of amides is 1. The maximum atomic E-state index is 12.8. The molecule has 2 bridgehead atoms. The monoisotopic (exact) mass is 372 g/mol. The number of carbonyl (C=O) groups excluding carboxylic acids is 1. The van der Waals surface area contributed by atoms with Crippen molar-refractivity contribution >= 4 is 21.9 Å². The smallest absolute Gasteiger partial charge is 0.318 e. The van der Waals surface area contributed by atoms with Gasteiger partial charge in [0.25, 0.3) is 0 Å². The van der Waals surface area contributed by atoms with Crippen LogP contribution in [0.5, 0.6) is 0 Å². The van der Waals surface area contributed by atoms with Gasteiger partial charge in [-0.15, -0.1) is 0 Å². The summed E-state index contributed by atoms with van der Waals surface area (Å²) in [6.07, 6.45) is 6.71. The Morgan fingerprint density at radius 2 is 2.08 bits per heavy atom. The van der Waals surface area contributed by atoms with E-state index < -0.39 is 28.6 Å². The summed E-state index contributed by atoms with van der Waals surface area (Å²) in [5.74, 6) is -0.276. The van der Waals surface area contributed by atoms with Crippen LogP contribution in [0, 0.1) is 17.8 Å². The number of nitrogens with zero attached hydrogens (tertiary/aromatic N) is 2. The molecule has 0 spiro atoms. The Hall–Kier alpha value is -1.45. The zero-order chi connectivity index (χ0) is 18.2. The number of ether oxygens (including phenoxy) is 1. The molecular weight excluding hydrogens is 348 g/mol. The average molecular weight is 372 g/mol. The highest BCUT2D eigenvalue weighted by Gasteiger charge is 2.42. The topological polar surface area (TPSA) is 104 Å². The maximum Gasteiger partial charge on any atom is 0.318 e. The first-order chi connectivity index (χ1) is 11.7. The van der Waals surface area contributed by atoms with Crippen LogP contribution in [-0.2, 0) is 24.3 Å². The molecule has 1 heterocycles. The predicted octanol–water partition coefficient (Wildman–Crippen LogP) is -0.228. The number of carboxylic acid groups (broad SMARTS) is 1. The number of allylic oxidation sites excluding steroid dienone is 2. The molecule has 140 valence electrons. The van der Waals surface area contributed by atoms with Gasteiger partial charge in [-0.1, -0.05) is 12.2 Å². The Kier molecular flexibility index (Phi) is 5.17. The highest BCUT2D eigenvalue weighted by Crippen LogP contribution is 2.44. The van der Waals surface area contributed by atoms with Crippen LogP contribution in [-0.4, -0.2) is 79.8 Å². The largest absolute Gasteiger partial charge is 0.480 e. The van der Waals surface area contributed by atoms with E-state index >= 15 is 0 Å². The molecule has 0 aromatic rings. The number of carboxylic acids is 1. The first-order valence-electron chi connectivity index (χ1n) is 8.49. The van der Waals surface area contributed by atoms with E-state index in [-0.39, 0.29) is 18.4 Å². The van der Waals surface area contributed by atoms with Crippen LogP contribution in [0.1, 0.15) is 12.8 Å². The van der Waals surface area contributed by atoms with Crippen LogP contribution < -0.4 is 0 Å². The van der Waals surface area contributed by atoms with Crippen molar-refractivity contribution in [2.45, 2.75) is 18.9 Å². The standard InChI is InChI=1S/C16H24N2O6S/c1-25(22,23)18(10-15(19)20)9-13-8-17(4-5-24-13)16(21)14-7-11-2-3-12(14)6-11/h2-3,11-14H,4-10H2,1H3,(H,19,20). The Balaban J connectivity index is 1.61. The second kappa shape index (κ2) is 7.05. The van der Waals surface area contributed by atoms with Gasteiger partial charge in [0.05, 0.1) is 19.0 Å². The average Bonchev–Trinajstić information content (AvgIpc) is 3.15. The molecule has 25 heavy (non-hydrogen) atoms. The number of aliphatic carboxylic acids is 1. The van der Waals surface area contributed by atoms with Crippen LogP contribution in [0.2, 0.25) is 0 Å². The maximum absolute atomic E-state index is 12.8. The first-order valence-corrected chi connectivity index (χ1v) is 10.3. The molecule has 1 saturated heterocycles. The van der Waals surface area contributed by atoms with Crippen molar-refractivity contribution in [2.24, 2.45) is 17.8 Å². The summed E-state index contributed by atoms with van der Waals surface area (Å²) in [5, 5.41) is 8.90. The van der Waals surface area contributed by atoms with Gasteiger partial charge in [0.1, 0.15) is 6.54 Å². The molecule has 3 aliphatic rings. The zero-order valence-corrected chi connectivity index (χ0v) is 15.0. The normalized spacial score (nSPS) is 31.7. The van der Waals surface area contributed by atoms with Crippen LogP contribution in [0.3, 0.4) is 0 Å². The van der Waals surface area contributed by atoms with Crippen molar-refractivity contribution in [3.05, 3.63) is 12.2 Å². The van der Waals surface area contributed by atoms with Crippen LogP contribution in [0.15, 0.2) is 12.2 Å². The molecule has 1 aliphatic heterocycles. The molecule has 2 aliphatic carbocycles. The van der Waals surface area contributed by atoms with Crippen molar-refractivity contribution in [1.82, 2.24) is 9.21 Å². The van der Waals surface area contributed by atoms with Crippen LogP contribution >= 0.6 is 0 Å². The zero-order valence-electron chi connectivity index (χ0n) is 14.2. The third-order valence-corrected chi connectivity index (χ3v) is 6.45. The molecule has 1 amide bonds. The number of hydrogen-bond donors (Lipinski definition) is 1. The van der Waals surface area contributed by atoms with Gasteiger partial charge in [0, 0.05) is 25.6 Å². The molecule has 0 aromatic heterocycles. The SMILES string of the molecule is CS(=O)(=O)N(CC(=O)O)CC1CN(C(=O)C2CC3C=CC2C3)CCO1. The van der Waals surface area contributed by atoms with Crippen LogP contribution in [0.25, 0.3) is 0 Å². The molecule has 8 nitrogen and oxygen atoms in total. The Morgan fingerprint density at radius 1 is 1.32 bits per heavy atom. The number of carbonyl (C=O) groups is 2. The van der Waals surface area contributed by atoms with Crippen molar-refractivity contribution in [2.75, 3.05) is 39.0 Å². The quantitative estimate of drug-likeness (QED) is 0.646. The van der Waals surface area contributed by atoms with Gasteiger partial charge in [0.2, 0.25) is 15.9 Å². The lowest BCUT2D eigenvalue weighted by Crippen LogP contribution is -2.52. The predicted molar refractivity (Wildman–Crippen MR) is 89.2 cm³/mol. The molecule has 1 saturated carbocycles. The summed E-state index contributed by atoms with van der Waals surface area (Å²) in [7, 11) is -3.66. The summed E-state index contributed by atoms with van der Waals surface area (Å²) in [4.78, 5) is 25.5. The molecule has 0 aromatic carbocycles. The van der Waals surface area contributed by atoms with Gasteiger partial charge in [-0.2, -0.15) is 4.31 Å². The number of hydrogen-bond acceptors (Lipinski definition) is 5. The van der Waals surface area contributed by atoms with Crippen LogP contribution in [0.4, 0.5) is 0 Å². The van der Waals surface area contributed by atoms with Crippen molar-refractivity contribution in [1.29, 1.82) is 0 Å². The van der Waals surface area contributed by atoms with Crippen molar-refractivity contribution in [3.8, 4) is 0 Å². The van der Waals surface area contributed by atoms with Crippen molar-refractivity contribution in [3.63, 3.8) is 0 Å². The second-order valence-electron chi connectivity index (χ2n) is 7.11. The van der Waals surface area contributed by atoms with E-state index in [1.165, 1.54) is 0 Å². The number of fused-ring (bicyclic) bond motifs is 2. The van der Waals surface area contributed by atoms with Gasteiger partial charge < -0.3 is 14.7 Å². The third kappa shape index (κ3) is 4.21. The fraction of sp³-hybridized carbons (Fsp3) is 0.750. The minimum atomic E-state index is -3.66. The summed E-state index contributed by atoms with van der Waals surface area (Å²) in [6, 6.07) is 0. The second-order valence-corrected chi connectivity index (χ2v) is 9.10.